The SMILES string of the molecule is COc1cccc(-c2noc([C@H]3CCCN(S(=O)(=O)c4ccccc4Cl)C3)n2)c1. The molecule has 3 aromatic rings. The number of methoxy groups -OCH3 is 1. The third-order valence-electron chi connectivity index (χ3n) is 4.96. The predicted molar refractivity (Wildman–Crippen MR) is 108 cm³/mol. The Morgan fingerprint density at radius 3 is 2.83 bits per heavy atom. The first-order chi connectivity index (χ1) is 14.0. The molecule has 4 rings (SSSR count). The first kappa shape index (κ1) is 19.9. The van der Waals surface area contributed by atoms with Gasteiger partial charge in [0.1, 0.15) is 10.6 Å². The zero-order chi connectivity index (χ0) is 20.4. The number of aromatic nitrogens is 2. The number of hydrogen-bond acceptors (Lipinski definition) is 6. The quantitative estimate of drug-likeness (QED) is 0.605. The van der Waals surface area contributed by atoms with Crippen molar-refractivity contribution in [2.75, 3.05) is 20.2 Å². The first-order valence-electron chi connectivity index (χ1n) is 9.22. The third-order valence-corrected chi connectivity index (χ3v) is 7.32. The van der Waals surface area contributed by atoms with E-state index in [9.17, 15) is 8.42 Å². The third kappa shape index (κ3) is 4.01. The minimum Gasteiger partial charge on any atom is -0.497 e. The number of rotatable bonds is 5. The van der Waals surface area contributed by atoms with E-state index in [1.54, 1.807) is 25.3 Å². The summed E-state index contributed by atoms with van der Waals surface area (Å²) < 4.78 is 38.2. The Labute approximate surface area is 174 Å². The summed E-state index contributed by atoms with van der Waals surface area (Å²) in [5.41, 5.74) is 0.774. The van der Waals surface area contributed by atoms with Crippen LogP contribution in [0.15, 0.2) is 57.9 Å². The van der Waals surface area contributed by atoms with Crippen LogP contribution < -0.4 is 4.74 Å². The Morgan fingerprint density at radius 1 is 1.21 bits per heavy atom. The van der Waals surface area contributed by atoms with E-state index >= 15 is 0 Å². The molecule has 9 heteroatoms. The van der Waals surface area contributed by atoms with Crippen molar-refractivity contribution >= 4 is 21.6 Å². The summed E-state index contributed by atoms with van der Waals surface area (Å²) in [5.74, 6) is 1.41. The summed E-state index contributed by atoms with van der Waals surface area (Å²) in [7, 11) is -2.10. The standard InChI is InChI=1S/C20H20ClN3O4S/c1-27-16-8-4-6-14(12-16)19-22-20(28-23-19)15-7-5-11-24(13-15)29(25,26)18-10-3-2-9-17(18)21/h2-4,6,8-10,12,15H,5,7,11,13H2,1H3/t15-/m0/s1. The van der Waals surface area contributed by atoms with Gasteiger partial charge in [0.25, 0.3) is 0 Å². The molecule has 0 saturated carbocycles. The highest BCUT2D eigenvalue weighted by atomic mass is 35.5. The highest BCUT2D eigenvalue weighted by Gasteiger charge is 2.34. The molecule has 7 nitrogen and oxygen atoms in total. The Balaban J connectivity index is 1.56. The van der Waals surface area contributed by atoms with Crippen molar-refractivity contribution in [2.45, 2.75) is 23.7 Å². The summed E-state index contributed by atoms with van der Waals surface area (Å²) in [4.78, 5) is 4.62. The second-order valence-electron chi connectivity index (χ2n) is 6.82. The number of nitrogens with zero attached hydrogens (tertiary/aromatic N) is 3. The Morgan fingerprint density at radius 2 is 2.03 bits per heavy atom. The van der Waals surface area contributed by atoms with E-state index in [0.29, 0.717) is 30.4 Å². The highest BCUT2D eigenvalue weighted by Crippen LogP contribution is 2.32. The van der Waals surface area contributed by atoms with Gasteiger partial charge in [0.15, 0.2) is 0 Å². The van der Waals surface area contributed by atoms with Crippen LogP contribution in [0.5, 0.6) is 5.75 Å². The van der Waals surface area contributed by atoms with Crippen LogP contribution in [0, 0.1) is 0 Å². The van der Waals surface area contributed by atoms with Gasteiger partial charge in [-0.1, -0.05) is 41.0 Å². The van der Waals surface area contributed by atoms with Crippen LogP contribution in [0.2, 0.25) is 5.02 Å². The van der Waals surface area contributed by atoms with Crippen molar-refractivity contribution in [3.8, 4) is 17.1 Å². The van der Waals surface area contributed by atoms with E-state index in [4.69, 9.17) is 20.9 Å². The van der Waals surface area contributed by atoms with Crippen molar-refractivity contribution in [1.29, 1.82) is 0 Å². The summed E-state index contributed by atoms with van der Waals surface area (Å²) >= 11 is 6.12. The lowest BCUT2D eigenvalue weighted by molar-refractivity contribution is 0.265. The van der Waals surface area contributed by atoms with Crippen molar-refractivity contribution in [3.05, 3.63) is 59.4 Å². The minimum absolute atomic E-state index is 0.116. The maximum atomic E-state index is 13.0. The van der Waals surface area contributed by atoms with Crippen LogP contribution >= 0.6 is 11.6 Å². The van der Waals surface area contributed by atoms with Crippen LogP contribution in [0.3, 0.4) is 0 Å². The molecule has 0 aliphatic carbocycles. The van der Waals surface area contributed by atoms with E-state index < -0.39 is 10.0 Å². The van der Waals surface area contributed by atoms with Gasteiger partial charge in [-0.3, -0.25) is 0 Å². The molecule has 0 unspecified atom stereocenters. The maximum absolute atomic E-state index is 13.0. The van der Waals surface area contributed by atoms with Crippen molar-refractivity contribution < 1.29 is 17.7 Å². The van der Waals surface area contributed by atoms with E-state index in [1.165, 1.54) is 10.4 Å². The average Bonchev–Trinajstić information content (AvgIpc) is 3.24. The second kappa shape index (κ2) is 8.14. The summed E-state index contributed by atoms with van der Waals surface area (Å²) in [6.45, 7) is 0.703. The fourth-order valence-corrected chi connectivity index (χ4v) is 5.45. The van der Waals surface area contributed by atoms with Crippen molar-refractivity contribution in [2.24, 2.45) is 0 Å². The Kier molecular flexibility index (Phi) is 5.58. The topological polar surface area (TPSA) is 85.5 Å². The van der Waals surface area contributed by atoms with E-state index in [2.05, 4.69) is 10.1 Å². The van der Waals surface area contributed by atoms with Crippen LogP contribution in [-0.4, -0.2) is 43.1 Å². The van der Waals surface area contributed by atoms with Crippen molar-refractivity contribution in [3.63, 3.8) is 0 Å². The van der Waals surface area contributed by atoms with Gasteiger partial charge in [0.2, 0.25) is 21.7 Å². The van der Waals surface area contributed by atoms with E-state index in [1.807, 2.05) is 24.3 Å². The lowest BCUT2D eigenvalue weighted by Crippen LogP contribution is -2.39. The van der Waals surface area contributed by atoms with Crippen LogP contribution in [-0.2, 0) is 10.0 Å². The van der Waals surface area contributed by atoms with Gasteiger partial charge in [0, 0.05) is 18.7 Å². The average molecular weight is 434 g/mol. The van der Waals surface area contributed by atoms with Crippen molar-refractivity contribution in [1.82, 2.24) is 14.4 Å². The Bertz CT molecular complexity index is 1120. The van der Waals surface area contributed by atoms with Gasteiger partial charge in [-0.15, -0.1) is 0 Å². The first-order valence-corrected chi connectivity index (χ1v) is 11.0. The zero-order valence-electron chi connectivity index (χ0n) is 15.8. The lowest BCUT2D eigenvalue weighted by Gasteiger charge is -2.30. The molecular weight excluding hydrogens is 414 g/mol. The normalized spacial score (nSPS) is 17.9. The lowest BCUT2D eigenvalue weighted by atomic mass is 10.00. The molecule has 1 fully saturated rings. The summed E-state index contributed by atoms with van der Waals surface area (Å²) in [5, 5.41) is 4.28. The molecule has 152 valence electrons. The van der Waals surface area contributed by atoms with Gasteiger partial charge in [-0.05, 0) is 37.1 Å². The number of halogens is 1. The van der Waals surface area contributed by atoms with Gasteiger partial charge >= 0.3 is 0 Å². The van der Waals surface area contributed by atoms with E-state index in [0.717, 1.165) is 12.0 Å². The predicted octanol–water partition coefficient (Wildman–Crippen LogP) is 3.97. The second-order valence-corrected chi connectivity index (χ2v) is 9.13. The molecule has 0 N–H and O–H groups in total. The molecule has 1 aliphatic rings. The zero-order valence-corrected chi connectivity index (χ0v) is 17.4. The largest absolute Gasteiger partial charge is 0.497 e. The van der Waals surface area contributed by atoms with Gasteiger partial charge in [-0.25, -0.2) is 8.42 Å². The molecule has 0 radical (unpaired) electrons. The molecule has 2 aromatic carbocycles. The summed E-state index contributed by atoms with van der Waals surface area (Å²) in [6.07, 6.45) is 1.47. The van der Waals surface area contributed by atoms with Gasteiger partial charge in [0.05, 0.1) is 18.1 Å². The fourth-order valence-electron chi connectivity index (χ4n) is 3.44. The number of benzene rings is 2. The number of sulfonamides is 1. The highest BCUT2D eigenvalue weighted by molar-refractivity contribution is 7.89. The molecule has 1 saturated heterocycles. The number of hydrogen-bond donors (Lipinski definition) is 0. The molecule has 29 heavy (non-hydrogen) atoms. The van der Waals surface area contributed by atoms with E-state index in [-0.39, 0.29) is 22.4 Å². The monoisotopic (exact) mass is 433 g/mol. The van der Waals surface area contributed by atoms with Crippen LogP contribution in [0.4, 0.5) is 0 Å². The molecule has 1 aliphatic heterocycles. The molecule has 1 aromatic heterocycles. The molecule has 1 atom stereocenters. The minimum atomic E-state index is -3.69. The Hall–Kier alpha value is -2.42. The van der Waals surface area contributed by atoms with Crippen LogP contribution in [0.1, 0.15) is 24.7 Å². The molecule has 0 spiro atoms. The number of ether oxygens (including phenoxy) is 1. The maximum Gasteiger partial charge on any atom is 0.244 e. The number of piperidine rings is 1. The summed E-state index contributed by atoms with van der Waals surface area (Å²) in [6, 6.07) is 13.8. The van der Waals surface area contributed by atoms with Gasteiger partial charge in [-0.2, -0.15) is 9.29 Å². The smallest absolute Gasteiger partial charge is 0.244 e. The fraction of sp³-hybridized carbons (Fsp3) is 0.300. The van der Waals surface area contributed by atoms with Gasteiger partial charge < -0.3 is 9.26 Å². The molecular formula is C20H20ClN3O4S. The molecule has 0 amide bonds. The van der Waals surface area contributed by atoms with Crippen LogP contribution in [0.25, 0.3) is 11.4 Å². The molecule has 2 heterocycles. The molecule has 0 bridgehead atoms.